The molecule has 0 amide bonds. The van der Waals surface area contributed by atoms with Crippen molar-refractivity contribution in [2.45, 2.75) is 51.2 Å². The van der Waals surface area contributed by atoms with Crippen molar-refractivity contribution < 1.29 is 64.0 Å². The molecule has 3 N–H and O–H groups in total. The third-order valence-corrected chi connectivity index (χ3v) is 13.4. The van der Waals surface area contributed by atoms with Gasteiger partial charge in [-0.05, 0) is 101 Å². The number of ether oxygens (including phenoxy) is 3. The van der Waals surface area contributed by atoms with Crippen LogP contribution in [-0.4, -0.2) is 136 Å². The van der Waals surface area contributed by atoms with Crippen molar-refractivity contribution in [3.05, 3.63) is 141 Å². The number of alkyl halides is 6. The Hall–Kier alpha value is -8.60. The Balaban J connectivity index is 0.000000200. The van der Waals surface area contributed by atoms with Crippen LogP contribution in [0.5, 0.6) is 11.8 Å². The molecule has 2 atom stereocenters. The number of halogens is 10. The molecule has 2 aliphatic heterocycles. The maximum absolute atomic E-state index is 13.6. The zero-order valence-electron chi connectivity index (χ0n) is 44.1. The lowest BCUT2D eigenvalue weighted by molar-refractivity contribution is -0.142. The number of esters is 1. The summed E-state index contributed by atoms with van der Waals surface area (Å²) in [6.07, 6.45) is -3.05. The van der Waals surface area contributed by atoms with Crippen molar-refractivity contribution in [3.8, 4) is 45.6 Å². The Labute approximate surface area is 476 Å². The Morgan fingerprint density at radius 2 is 1.05 bits per heavy atom. The van der Waals surface area contributed by atoms with Gasteiger partial charge in [0.15, 0.2) is 23.0 Å². The fourth-order valence-electron chi connectivity index (χ4n) is 8.75. The SMILES string of the molecule is COC(=O)c1cc(-c2cnc(Nc3ccc(F)c(Cl)c3)nc2-n2nc(C(F)(F)F)cc2C)cnc1OC1CCN(C)C1.Cc1cc(C(F)(F)F)nn1-c1nc(Nc2ccc(F)c(Cl)c2)ncc1-c1cnc(OC2CCN(C)C2)c(C(=O)O)c1. The van der Waals surface area contributed by atoms with Gasteiger partial charge in [0.2, 0.25) is 23.7 Å². The molecule has 0 spiro atoms. The fourth-order valence-corrected chi connectivity index (χ4v) is 9.11. The van der Waals surface area contributed by atoms with Crippen molar-refractivity contribution >= 4 is 58.4 Å². The largest absolute Gasteiger partial charge is 0.477 e. The number of carbonyl (C=O) groups excluding carboxylic acids is 1. The van der Waals surface area contributed by atoms with E-state index in [9.17, 15) is 49.8 Å². The van der Waals surface area contributed by atoms with Crippen molar-refractivity contribution in [2.75, 3.05) is 58.0 Å². The second-order valence-electron chi connectivity index (χ2n) is 19.1. The maximum atomic E-state index is 13.6. The number of nitrogens with one attached hydrogen (secondary N) is 2. The van der Waals surface area contributed by atoms with Gasteiger partial charge in [0.25, 0.3) is 0 Å². The smallest absolute Gasteiger partial charge is 0.435 e. The van der Waals surface area contributed by atoms with Crippen molar-refractivity contribution in [3.63, 3.8) is 0 Å². The lowest BCUT2D eigenvalue weighted by Gasteiger charge is -2.17. The number of hydrogen-bond donors (Lipinski definition) is 3. The summed E-state index contributed by atoms with van der Waals surface area (Å²) in [7, 11) is 5.09. The topological polar surface area (TPSA) is 226 Å². The van der Waals surface area contributed by atoms with Gasteiger partial charge >= 0.3 is 24.3 Å². The predicted molar refractivity (Wildman–Crippen MR) is 285 cm³/mol. The number of benzene rings is 2. The highest BCUT2D eigenvalue weighted by Crippen LogP contribution is 2.37. The fraction of sp³-hybridized carbons (Fsp3) is 0.283. The van der Waals surface area contributed by atoms with Crippen LogP contribution < -0.4 is 20.1 Å². The Kier molecular flexibility index (Phi) is 17.1. The number of pyridine rings is 2. The standard InChI is InChI=1S/C27H24ClF4N7O3.C26H22ClF4N7O3/c1-14-8-22(27(30,31)32)37-39(14)23-19(12-34-26(36-23)35-16-4-5-21(29)20(28)10-16)15-9-18(25(40)41-3)24(33-11-15)42-17-6-7-38(2)13-17;1-13-7-21(26(29,30)31)36-38(13)22-18(11-33-25(35-22)34-15-3-4-20(28)19(27)9-15)14-8-17(24(39)40)23(32-10-14)41-16-5-6-37(2)12-16/h4-5,8-12,17H,6-7,13H2,1-3H3,(H,34,35,36);3-4,7-11,16H,5-6,12H2,1-2H3,(H,39,40)(H,33,34,35). The minimum absolute atomic E-state index is 0.0202. The number of rotatable bonds is 14. The van der Waals surface area contributed by atoms with E-state index in [0.717, 1.165) is 53.1 Å². The third kappa shape index (κ3) is 13.7. The van der Waals surface area contributed by atoms with Crippen LogP contribution in [0.1, 0.15) is 56.3 Å². The van der Waals surface area contributed by atoms with E-state index >= 15 is 0 Å². The summed E-state index contributed by atoms with van der Waals surface area (Å²) < 4.78 is 127. The van der Waals surface area contributed by atoms with Gasteiger partial charge in [-0.2, -0.15) is 46.5 Å². The number of hydrogen-bond acceptors (Lipinski definition) is 17. The number of carbonyl (C=O) groups is 2. The van der Waals surface area contributed by atoms with E-state index in [1.807, 2.05) is 19.0 Å². The lowest BCUT2D eigenvalue weighted by atomic mass is 10.1. The molecule has 6 aromatic heterocycles. The maximum Gasteiger partial charge on any atom is 0.435 e. The molecule has 0 bridgehead atoms. The third-order valence-electron chi connectivity index (χ3n) is 12.9. The second kappa shape index (κ2) is 24.1. The molecule has 434 valence electrons. The molecule has 0 aliphatic carbocycles. The van der Waals surface area contributed by atoms with Crippen LogP contribution >= 0.6 is 23.2 Å². The number of anilines is 4. The van der Waals surface area contributed by atoms with E-state index < -0.39 is 47.3 Å². The average Bonchev–Trinajstić information content (AvgIpc) is 3.69. The Morgan fingerprint density at radius 3 is 1.41 bits per heavy atom. The van der Waals surface area contributed by atoms with E-state index in [1.54, 1.807) is 0 Å². The van der Waals surface area contributed by atoms with Gasteiger partial charge in [0.05, 0.1) is 17.2 Å². The van der Waals surface area contributed by atoms with Crippen LogP contribution in [0.3, 0.4) is 0 Å². The number of nitrogens with zero attached hydrogens (tertiary/aromatic N) is 12. The summed E-state index contributed by atoms with van der Waals surface area (Å²) in [5, 5.41) is 22.7. The first-order valence-electron chi connectivity index (χ1n) is 24.8. The Morgan fingerprint density at radius 1 is 0.627 bits per heavy atom. The highest BCUT2D eigenvalue weighted by Gasteiger charge is 2.37. The van der Waals surface area contributed by atoms with Gasteiger partial charge in [-0.15, -0.1) is 0 Å². The predicted octanol–water partition coefficient (Wildman–Crippen LogP) is 10.8. The molecule has 10 rings (SSSR count). The molecule has 8 aromatic rings. The van der Waals surface area contributed by atoms with Crippen LogP contribution in [0, 0.1) is 25.5 Å². The molecule has 2 saturated heterocycles. The summed E-state index contributed by atoms with van der Waals surface area (Å²) in [4.78, 5) is 54.8. The number of carboxylic acid groups (broad SMARTS) is 1. The van der Waals surface area contributed by atoms with Crippen molar-refractivity contribution in [1.29, 1.82) is 0 Å². The number of likely N-dealkylation sites (tertiary alicyclic amines) is 2. The molecule has 2 aliphatic rings. The highest BCUT2D eigenvalue weighted by atomic mass is 35.5. The van der Waals surface area contributed by atoms with Gasteiger partial charge in [-0.3, -0.25) is 0 Å². The van der Waals surface area contributed by atoms with Gasteiger partial charge in [-0.25, -0.2) is 47.7 Å². The number of carboxylic acids is 1. The summed E-state index contributed by atoms with van der Waals surface area (Å²) in [6.45, 7) is 5.72. The first-order chi connectivity index (χ1) is 39.3. The van der Waals surface area contributed by atoms with E-state index in [2.05, 4.69) is 55.6 Å². The van der Waals surface area contributed by atoms with E-state index in [4.69, 9.17) is 37.4 Å². The minimum Gasteiger partial charge on any atom is -0.477 e. The molecule has 0 saturated carbocycles. The van der Waals surface area contributed by atoms with Crippen molar-refractivity contribution in [2.24, 2.45) is 0 Å². The first-order valence-corrected chi connectivity index (χ1v) is 25.6. The minimum atomic E-state index is -4.72. The number of likely N-dealkylation sites (N-methyl/N-ethyl adjacent to an activating group) is 2. The summed E-state index contributed by atoms with van der Waals surface area (Å²) in [5.41, 5.74) is -0.747. The molecule has 30 heteroatoms. The monoisotopic (exact) mass is 1200 g/mol. The summed E-state index contributed by atoms with van der Waals surface area (Å²) in [6, 6.07) is 12.1. The zero-order chi connectivity index (χ0) is 59.7. The molecule has 20 nitrogen and oxygen atoms in total. The quantitative estimate of drug-likeness (QED) is 0.0679. The van der Waals surface area contributed by atoms with Gasteiger partial charge in [0, 0.05) is 96.0 Å². The van der Waals surface area contributed by atoms with Crippen molar-refractivity contribution in [1.82, 2.24) is 59.3 Å². The number of aromatic nitrogens is 10. The molecular formula is C53H46Cl2F8N14O6. The van der Waals surface area contributed by atoms with Crippen LogP contribution in [0.25, 0.3) is 33.9 Å². The number of aryl methyl sites for hydroxylation is 2. The summed E-state index contributed by atoms with van der Waals surface area (Å²) in [5.74, 6) is -3.54. The van der Waals surface area contributed by atoms with Crippen LogP contribution in [0.15, 0.2) is 85.5 Å². The van der Waals surface area contributed by atoms with E-state index in [1.165, 1.54) is 82.1 Å². The van der Waals surface area contributed by atoms with Crippen LogP contribution in [0.2, 0.25) is 10.0 Å². The van der Waals surface area contributed by atoms with Gasteiger partial charge in [-0.1, -0.05) is 23.2 Å². The zero-order valence-corrected chi connectivity index (χ0v) is 45.6. The van der Waals surface area contributed by atoms with Crippen LogP contribution in [0.4, 0.5) is 58.4 Å². The normalized spacial score (nSPS) is 15.7. The molecule has 8 heterocycles. The molecule has 0 radical (unpaired) electrons. The van der Waals surface area contributed by atoms with Crippen LogP contribution in [-0.2, 0) is 17.1 Å². The first kappa shape index (κ1) is 59.0. The second-order valence-corrected chi connectivity index (χ2v) is 19.9. The van der Waals surface area contributed by atoms with Gasteiger partial charge < -0.3 is 39.8 Å². The molecule has 2 aromatic carbocycles. The van der Waals surface area contributed by atoms with E-state index in [0.29, 0.717) is 36.4 Å². The molecule has 2 fully saturated rings. The molecular weight excluding hydrogens is 1150 g/mol. The van der Waals surface area contributed by atoms with E-state index in [-0.39, 0.29) is 96.8 Å². The number of aromatic carboxylic acids is 1. The van der Waals surface area contributed by atoms with Gasteiger partial charge in [0.1, 0.15) is 35.0 Å². The Bertz CT molecular complexity index is 3760. The lowest BCUT2D eigenvalue weighted by Crippen LogP contribution is -2.23. The molecule has 83 heavy (non-hydrogen) atoms. The molecule has 2 unspecified atom stereocenters. The summed E-state index contributed by atoms with van der Waals surface area (Å²) >= 11 is 11.7. The highest BCUT2D eigenvalue weighted by molar-refractivity contribution is 6.31. The number of methoxy groups -OCH3 is 1. The average molecular weight is 1200 g/mol.